The van der Waals surface area contributed by atoms with E-state index in [9.17, 15) is 24.4 Å². The largest absolute Gasteiger partial charge is 0.393 e. The van der Waals surface area contributed by atoms with Crippen LogP contribution in [0, 0.1) is 23.2 Å². The van der Waals surface area contributed by atoms with E-state index >= 15 is 0 Å². The molecule has 4 fully saturated rings. The van der Waals surface area contributed by atoms with Crippen molar-refractivity contribution in [2.24, 2.45) is 17.6 Å². The number of Topliss-reactive ketones (excluding diaryl/α,β-unsaturated/α-hetero) is 2. The van der Waals surface area contributed by atoms with Gasteiger partial charge in [0.2, 0.25) is 11.8 Å². The molecular weight excluding hydrogens is 1190 g/mol. The predicted molar refractivity (Wildman–Crippen MR) is 347 cm³/mol. The maximum Gasteiger partial charge on any atom is 0.240 e. The first kappa shape index (κ1) is 67.7. The van der Waals surface area contributed by atoms with Crippen LogP contribution in [0.2, 0.25) is 20.1 Å². The molecule has 4 aliphatic heterocycles. The normalized spacial score (nSPS) is 22.4. The first-order valence-corrected chi connectivity index (χ1v) is 35.1. The van der Waals surface area contributed by atoms with Crippen LogP contribution in [-0.2, 0) is 61.2 Å². The van der Waals surface area contributed by atoms with Gasteiger partial charge in [0.1, 0.15) is 5.47 Å². The van der Waals surface area contributed by atoms with Gasteiger partial charge in [-0.25, -0.2) is 0 Å². The van der Waals surface area contributed by atoms with Crippen molar-refractivity contribution in [2.45, 2.75) is 160 Å². The fourth-order valence-corrected chi connectivity index (χ4v) is 14.0. The monoisotopic (exact) mass is 1270 g/mol. The van der Waals surface area contributed by atoms with Gasteiger partial charge >= 0.3 is 0 Å². The highest BCUT2D eigenvalue weighted by atomic mass is 35.5. The van der Waals surface area contributed by atoms with Gasteiger partial charge in [0, 0.05) is 64.1 Å². The van der Waals surface area contributed by atoms with E-state index in [0.29, 0.717) is 114 Å². The standard InChI is InChI=1S/C30H37Cl2N3O2S.C30H35Cl2N3O2.C3H9OPS2/c1-20-17-27-30(37)34(16-15-23(35(27)19-20)10-7-21-5-3-2-4-6-21)26(12-14-29(33)38)28(36)13-9-22-8-11-24(31)25(32)18-22;1-21-18-28-30(37)34(17-15-24(35(28)20-21)12-9-22-6-3-2-4-7-22)27(8-5-16-33)29(36)14-11-23-10-13-25(31)26(32)19-23;1-3-4-5(2,6)7/h2-6,8,11,18,20,23,26-27H,7,9-10,12-17,19H2,1H3,(H2,33,38);2-4,6-7,10,13,19,21,24,27-28H,5,8-9,11-12,14-15,17-18,20H2,1H3;3H2,1-2H3,(H,6,7)/t20-,23?,26-,27+;21-,24?,27-,28+;/m11./s1. The minimum atomic E-state index is -1.64. The van der Waals surface area contributed by atoms with Crippen molar-refractivity contribution in [3.8, 4) is 6.07 Å². The van der Waals surface area contributed by atoms with Gasteiger partial charge in [-0.3, -0.25) is 29.0 Å². The molecule has 444 valence electrons. The molecule has 4 aromatic carbocycles. The van der Waals surface area contributed by atoms with E-state index in [4.69, 9.17) is 80.7 Å². The van der Waals surface area contributed by atoms with E-state index in [2.05, 4.69) is 90.5 Å². The second kappa shape index (κ2) is 33.5. The number of benzene rings is 4. The average Bonchev–Trinajstić information content (AvgIpc) is 3.83. The minimum absolute atomic E-state index is 0.00926. The van der Waals surface area contributed by atoms with E-state index in [0.717, 1.165) is 75.6 Å². The van der Waals surface area contributed by atoms with Crippen LogP contribution in [0.1, 0.15) is 120 Å². The number of nitrogens with two attached hydrogens (primary N) is 1. The number of ketones is 2. The Morgan fingerprint density at radius 2 is 1.11 bits per heavy atom. The fraction of sp³-hybridized carbons (Fsp3) is 0.524. The summed E-state index contributed by atoms with van der Waals surface area (Å²) in [4.78, 5) is 63.8. The maximum absolute atomic E-state index is 14.0. The Hall–Kier alpha value is -3.42. The Morgan fingerprint density at radius 1 is 0.683 bits per heavy atom. The van der Waals surface area contributed by atoms with Gasteiger partial charge in [-0.1, -0.05) is 157 Å². The molecule has 4 aromatic rings. The van der Waals surface area contributed by atoms with Crippen molar-refractivity contribution in [3.05, 3.63) is 139 Å². The van der Waals surface area contributed by atoms with Gasteiger partial charge in [-0.05, 0) is 155 Å². The molecule has 0 spiro atoms. The number of fused-ring (bicyclic) bond motifs is 2. The second-order valence-corrected chi connectivity index (χ2v) is 31.7. The summed E-state index contributed by atoms with van der Waals surface area (Å²) in [6.07, 6.45) is 10.4. The maximum atomic E-state index is 14.0. The Kier molecular flexibility index (Phi) is 27.6. The van der Waals surface area contributed by atoms with Crippen LogP contribution in [0.25, 0.3) is 0 Å². The number of carbonyl (C=O) groups excluding carboxylic acids is 4. The average molecular weight is 1270 g/mol. The van der Waals surface area contributed by atoms with Crippen LogP contribution >= 0.6 is 76.3 Å². The van der Waals surface area contributed by atoms with Crippen LogP contribution in [0.5, 0.6) is 0 Å². The number of halogens is 4. The summed E-state index contributed by atoms with van der Waals surface area (Å²) in [5, 5.41) is 11.2. The summed E-state index contributed by atoms with van der Waals surface area (Å²) < 4.78 is 5.02. The number of nitriles is 1. The van der Waals surface area contributed by atoms with Crippen LogP contribution in [-0.4, -0.2) is 124 Å². The highest BCUT2D eigenvalue weighted by Crippen LogP contribution is 2.47. The van der Waals surface area contributed by atoms with Crippen LogP contribution < -0.4 is 5.73 Å². The van der Waals surface area contributed by atoms with Gasteiger partial charge in [0.05, 0.1) is 55.3 Å². The number of amides is 2. The fourth-order valence-electron chi connectivity index (χ4n) is 12.1. The molecule has 9 atom stereocenters. The zero-order valence-electron chi connectivity index (χ0n) is 47.8. The summed E-state index contributed by atoms with van der Waals surface area (Å²) in [5.74, 6) is 1.07. The van der Waals surface area contributed by atoms with Crippen molar-refractivity contribution in [3.63, 3.8) is 0 Å². The van der Waals surface area contributed by atoms with E-state index in [-0.39, 0.29) is 41.9 Å². The first-order valence-electron chi connectivity index (χ1n) is 28.9. The van der Waals surface area contributed by atoms with Gasteiger partial charge in [0.25, 0.3) is 0 Å². The lowest BCUT2D eigenvalue weighted by Gasteiger charge is -2.32. The van der Waals surface area contributed by atoms with Crippen LogP contribution in [0.4, 0.5) is 0 Å². The zero-order valence-corrected chi connectivity index (χ0v) is 54.2. The van der Waals surface area contributed by atoms with Gasteiger partial charge in [-0.2, -0.15) is 5.26 Å². The molecular formula is C63H81Cl4N6O5PS3. The molecule has 4 heterocycles. The lowest BCUT2D eigenvalue weighted by atomic mass is 9.97. The van der Waals surface area contributed by atoms with E-state index < -0.39 is 17.6 Å². The number of nitrogens with zero attached hydrogens (tertiary/aromatic N) is 5. The summed E-state index contributed by atoms with van der Waals surface area (Å²) >= 11 is 38.4. The van der Waals surface area contributed by atoms with Crippen molar-refractivity contribution in [1.29, 1.82) is 5.26 Å². The third-order valence-corrected chi connectivity index (χ3v) is 19.2. The molecule has 0 aliphatic carbocycles. The number of rotatable bonds is 23. The Balaban J connectivity index is 0.000000236. The predicted octanol–water partition coefficient (Wildman–Crippen LogP) is 13.9. The van der Waals surface area contributed by atoms with Gasteiger partial charge in [-0.15, -0.1) is 12.2 Å². The van der Waals surface area contributed by atoms with Crippen molar-refractivity contribution >= 4 is 117 Å². The van der Waals surface area contributed by atoms with Crippen molar-refractivity contribution in [2.75, 3.05) is 39.5 Å². The van der Waals surface area contributed by atoms with Crippen molar-refractivity contribution < 1.29 is 23.7 Å². The smallest absolute Gasteiger partial charge is 0.240 e. The highest BCUT2D eigenvalue weighted by molar-refractivity contribution is 8.61. The van der Waals surface area contributed by atoms with Gasteiger partial charge < -0.3 is 20.1 Å². The number of carbonyl (C=O) groups is 4. The molecule has 8 rings (SSSR count). The molecule has 0 saturated carbocycles. The molecule has 2 amide bonds. The zero-order chi connectivity index (χ0) is 59.5. The first-order chi connectivity index (χ1) is 39.2. The number of thiocarbonyl (C=S) groups is 1. The SMILES string of the molecule is CCOP(C)(=S)S.C[C@@H]1C[C@H]2C(=O)N([C@H](CCC#N)C(=O)CCc3ccc(Cl)c(Cl)c3)CCC(CCc3ccccc3)N2C1.C[C@@H]1C[C@H]2C(=O)N([C@H](CCC(N)=S)C(=O)CCc3ccc(Cl)c(Cl)c3)CCC(CCc3ccccc3)N2C1. The molecule has 0 aromatic heterocycles. The Morgan fingerprint density at radius 3 is 1.48 bits per heavy atom. The van der Waals surface area contributed by atoms with E-state index in [1.807, 2.05) is 47.7 Å². The molecule has 19 heteroatoms. The van der Waals surface area contributed by atoms with E-state index in [1.165, 1.54) is 11.1 Å². The quantitative estimate of drug-likeness (QED) is 0.0417. The number of thiol groups is 1. The third kappa shape index (κ3) is 20.6. The van der Waals surface area contributed by atoms with Crippen LogP contribution in [0.3, 0.4) is 0 Å². The highest BCUT2D eigenvalue weighted by Gasteiger charge is 2.47. The second-order valence-electron chi connectivity index (χ2n) is 22.5. The van der Waals surface area contributed by atoms with Crippen molar-refractivity contribution in [1.82, 2.24) is 19.6 Å². The Bertz CT molecular complexity index is 2860. The molecule has 4 aliphatic rings. The van der Waals surface area contributed by atoms with Gasteiger partial charge in [0.15, 0.2) is 11.6 Å². The molecule has 11 nitrogen and oxygen atoms in total. The summed E-state index contributed by atoms with van der Waals surface area (Å²) in [5.41, 5.74) is 8.70. The minimum Gasteiger partial charge on any atom is -0.393 e. The summed E-state index contributed by atoms with van der Waals surface area (Å²) in [6, 6.07) is 33.1. The molecule has 4 saturated heterocycles. The molecule has 0 bridgehead atoms. The topological polar surface area (TPSA) is 140 Å². The summed E-state index contributed by atoms with van der Waals surface area (Å²) in [7, 11) is 0. The molecule has 2 N–H and O–H groups in total. The van der Waals surface area contributed by atoms with E-state index in [1.54, 1.807) is 24.3 Å². The summed E-state index contributed by atoms with van der Waals surface area (Å²) in [6.45, 7) is 11.8. The number of hydrogen-bond donors (Lipinski definition) is 2. The molecule has 3 unspecified atom stereocenters. The number of aryl methyl sites for hydroxylation is 4. The lowest BCUT2D eigenvalue weighted by molar-refractivity contribution is -0.142. The number of hydrogen-bond acceptors (Lipinski definition) is 10. The lowest BCUT2D eigenvalue weighted by Crippen LogP contribution is -2.50. The third-order valence-electron chi connectivity index (χ3n) is 16.1. The molecule has 0 radical (unpaired) electrons. The Labute approximate surface area is 523 Å². The molecule has 82 heavy (non-hydrogen) atoms. The van der Waals surface area contributed by atoms with Crippen LogP contribution in [0.15, 0.2) is 97.1 Å².